The average Bonchev–Trinajstić information content (AvgIpc) is 3.16. The third kappa shape index (κ3) is 4.46. The maximum Gasteiger partial charge on any atom is 0.454 e. The molecule has 0 radical (unpaired) electrons. The van der Waals surface area contributed by atoms with E-state index in [0.717, 1.165) is 5.56 Å². The van der Waals surface area contributed by atoms with Gasteiger partial charge in [-0.1, -0.05) is 5.92 Å². The minimum absolute atomic E-state index is 0.261. The van der Waals surface area contributed by atoms with E-state index >= 15 is 0 Å². The predicted octanol–water partition coefficient (Wildman–Crippen LogP) is 5.34. The number of rotatable bonds is 3. The lowest BCUT2D eigenvalue weighted by Gasteiger charge is -2.15. The number of halogens is 5. The first-order chi connectivity index (χ1) is 14.7. The van der Waals surface area contributed by atoms with E-state index in [1.54, 1.807) is 24.5 Å². The van der Waals surface area contributed by atoms with Crippen molar-refractivity contribution in [2.45, 2.75) is 13.0 Å². The second kappa shape index (κ2) is 7.92. The molecular weight excluding hydrogens is 437 g/mol. The smallest absolute Gasteiger partial charge is 0.427 e. The van der Waals surface area contributed by atoms with Crippen LogP contribution in [0.2, 0.25) is 0 Å². The first-order valence-electron chi connectivity index (χ1n) is 8.64. The van der Waals surface area contributed by atoms with Gasteiger partial charge in [-0.2, -0.15) is 8.78 Å². The van der Waals surface area contributed by atoms with Gasteiger partial charge in [0.2, 0.25) is 10.8 Å². The van der Waals surface area contributed by atoms with Gasteiger partial charge in [-0.15, -0.1) is 11.3 Å². The van der Waals surface area contributed by atoms with Gasteiger partial charge in [-0.3, -0.25) is 0 Å². The van der Waals surface area contributed by atoms with Crippen molar-refractivity contribution in [3.63, 3.8) is 0 Å². The average molecular weight is 447 g/mol. The number of thiazole rings is 1. The molecule has 0 bridgehead atoms. The maximum absolute atomic E-state index is 14.5. The van der Waals surface area contributed by atoms with Gasteiger partial charge in [-0.05, 0) is 36.6 Å². The highest BCUT2D eigenvalue weighted by Gasteiger charge is 2.39. The van der Waals surface area contributed by atoms with Crippen LogP contribution in [0, 0.1) is 36.2 Å². The van der Waals surface area contributed by atoms with Crippen molar-refractivity contribution < 1.29 is 26.7 Å². The van der Waals surface area contributed by atoms with Crippen LogP contribution in [0.25, 0.3) is 10.2 Å². The van der Waals surface area contributed by atoms with Gasteiger partial charge in [0, 0.05) is 30.1 Å². The summed E-state index contributed by atoms with van der Waals surface area (Å²) < 4.78 is 73.3. The summed E-state index contributed by atoms with van der Waals surface area (Å²) >= 11 is 0.626. The third-order valence-electron chi connectivity index (χ3n) is 3.94. The molecule has 0 saturated heterocycles. The van der Waals surface area contributed by atoms with E-state index in [9.17, 15) is 22.0 Å². The number of ether oxygens (including phenoxy) is 1. The Morgan fingerprint density at radius 2 is 1.65 bits per heavy atom. The summed E-state index contributed by atoms with van der Waals surface area (Å²) in [5.41, 5.74) is 1.68. The summed E-state index contributed by atoms with van der Waals surface area (Å²) in [5, 5.41) is -0.736. The minimum atomic E-state index is -4.00. The highest BCUT2D eigenvalue weighted by atomic mass is 32.1. The number of nitrogens with zero attached hydrogens (tertiary/aromatic N) is 3. The van der Waals surface area contributed by atoms with Crippen LogP contribution in [0.4, 0.5) is 22.0 Å². The highest BCUT2D eigenvalue weighted by Crippen LogP contribution is 2.37. The van der Waals surface area contributed by atoms with E-state index in [1.807, 2.05) is 6.92 Å². The topological polar surface area (TPSA) is 47.9 Å². The largest absolute Gasteiger partial charge is 0.454 e. The number of hydrogen-bond donors (Lipinski definition) is 0. The number of alkyl halides is 2. The van der Waals surface area contributed by atoms with Crippen LogP contribution >= 0.6 is 11.3 Å². The zero-order valence-electron chi connectivity index (χ0n) is 15.6. The molecule has 4 nitrogen and oxygen atoms in total. The van der Waals surface area contributed by atoms with Crippen molar-refractivity contribution in [1.82, 2.24) is 15.0 Å². The summed E-state index contributed by atoms with van der Waals surface area (Å²) in [6, 6.07) is 5.32. The molecule has 31 heavy (non-hydrogen) atoms. The molecule has 4 aromatic rings. The van der Waals surface area contributed by atoms with Crippen molar-refractivity contribution in [3.8, 4) is 17.6 Å². The summed E-state index contributed by atoms with van der Waals surface area (Å²) in [7, 11) is 0. The molecule has 0 fully saturated rings. The number of aromatic nitrogens is 3. The Balaban J connectivity index is 1.61. The Morgan fingerprint density at radius 1 is 0.968 bits per heavy atom. The molecule has 156 valence electrons. The van der Waals surface area contributed by atoms with E-state index in [2.05, 4.69) is 31.5 Å². The number of fused-ring (bicyclic) bond motifs is 1. The summed E-state index contributed by atoms with van der Waals surface area (Å²) in [6.45, 7) is 1.84. The van der Waals surface area contributed by atoms with Crippen molar-refractivity contribution in [1.29, 1.82) is 0 Å². The van der Waals surface area contributed by atoms with E-state index in [-0.39, 0.29) is 5.52 Å². The lowest BCUT2D eigenvalue weighted by molar-refractivity contribution is -0.185. The van der Waals surface area contributed by atoms with Crippen LogP contribution in [-0.2, 0) is 6.11 Å². The van der Waals surface area contributed by atoms with Crippen LogP contribution in [0.3, 0.4) is 0 Å². The van der Waals surface area contributed by atoms with Crippen molar-refractivity contribution in [2.24, 2.45) is 0 Å². The number of aryl methyl sites for hydroxylation is 1. The molecule has 0 unspecified atom stereocenters. The van der Waals surface area contributed by atoms with Crippen LogP contribution in [0.1, 0.15) is 22.0 Å². The molecule has 0 aliphatic heterocycles. The fourth-order valence-corrected chi connectivity index (χ4v) is 3.41. The summed E-state index contributed by atoms with van der Waals surface area (Å²) in [6.07, 6.45) is -0.755. The molecule has 0 amide bonds. The van der Waals surface area contributed by atoms with Gasteiger partial charge in [0.15, 0.2) is 17.5 Å². The first kappa shape index (κ1) is 20.7. The SMILES string of the molecule is Cc1cnc(C#Cc2ccc3nc(C(F)(F)Oc4cc(F)c(F)c(F)c4)sc3c2)nc1. The summed E-state index contributed by atoms with van der Waals surface area (Å²) in [5.74, 6) is 0.000852. The molecule has 2 heterocycles. The predicted molar refractivity (Wildman–Crippen MR) is 103 cm³/mol. The monoisotopic (exact) mass is 447 g/mol. The molecule has 0 atom stereocenters. The molecule has 0 aliphatic rings. The van der Waals surface area contributed by atoms with Crippen molar-refractivity contribution >= 4 is 21.6 Å². The van der Waals surface area contributed by atoms with Crippen LogP contribution in [0.5, 0.6) is 5.75 Å². The Labute approximate surface area is 176 Å². The fourth-order valence-electron chi connectivity index (χ4n) is 2.49. The van der Waals surface area contributed by atoms with Crippen LogP contribution < -0.4 is 4.74 Å². The quantitative estimate of drug-likeness (QED) is 0.242. The van der Waals surface area contributed by atoms with E-state index in [0.29, 0.717) is 39.6 Å². The van der Waals surface area contributed by atoms with Crippen LogP contribution in [-0.4, -0.2) is 15.0 Å². The fraction of sp³-hybridized carbons (Fsp3) is 0.0952. The van der Waals surface area contributed by atoms with Gasteiger partial charge in [0.05, 0.1) is 10.2 Å². The molecule has 0 aliphatic carbocycles. The van der Waals surface area contributed by atoms with E-state index in [4.69, 9.17) is 0 Å². The zero-order valence-corrected chi connectivity index (χ0v) is 16.4. The van der Waals surface area contributed by atoms with Crippen LogP contribution in [0.15, 0.2) is 42.7 Å². The maximum atomic E-state index is 14.5. The molecule has 10 heteroatoms. The Kier molecular flexibility index (Phi) is 5.29. The zero-order chi connectivity index (χ0) is 22.2. The van der Waals surface area contributed by atoms with Gasteiger partial charge >= 0.3 is 6.11 Å². The normalized spacial score (nSPS) is 11.3. The van der Waals surface area contributed by atoms with Gasteiger partial charge in [0.25, 0.3) is 0 Å². The van der Waals surface area contributed by atoms with E-state index in [1.165, 1.54) is 6.07 Å². The molecule has 2 aromatic carbocycles. The highest BCUT2D eigenvalue weighted by molar-refractivity contribution is 7.18. The molecule has 0 N–H and O–H groups in total. The number of benzene rings is 2. The standard InChI is InChI=1S/C21H10F5N3OS/c1-11-9-27-18(28-10-11)5-3-12-2-4-16-17(6-12)31-20(29-16)21(25,26)30-13-7-14(22)19(24)15(23)8-13/h2,4,6-10H,1H3. The Hall–Kier alpha value is -3.58. The number of hydrogen-bond acceptors (Lipinski definition) is 5. The Bertz CT molecular complexity index is 1320. The molecular formula is C21H10F5N3OS. The van der Waals surface area contributed by atoms with Gasteiger partial charge in [0.1, 0.15) is 5.75 Å². The van der Waals surface area contributed by atoms with Crippen molar-refractivity contribution in [3.05, 3.63) is 82.1 Å². The second-order valence-corrected chi connectivity index (χ2v) is 7.39. The molecule has 0 spiro atoms. The van der Waals surface area contributed by atoms with Gasteiger partial charge in [-0.25, -0.2) is 28.1 Å². The minimum Gasteiger partial charge on any atom is -0.427 e. The Morgan fingerprint density at radius 3 is 2.32 bits per heavy atom. The van der Waals surface area contributed by atoms with E-state index < -0.39 is 34.3 Å². The van der Waals surface area contributed by atoms with Gasteiger partial charge < -0.3 is 4.74 Å². The van der Waals surface area contributed by atoms with Crippen molar-refractivity contribution in [2.75, 3.05) is 0 Å². The molecule has 0 saturated carbocycles. The second-order valence-electron chi connectivity index (χ2n) is 6.36. The summed E-state index contributed by atoms with van der Waals surface area (Å²) in [4.78, 5) is 11.9. The lowest BCUT2D eigenvalue weighted by Crippen LogP contribution is -2.21. The lowest BCUT2D eigenvalue weighted by atomic mass is 10.2. The molecule has 4 rings (SSSR count). The molecule has 2 aromatic heterocycles. The first-order valence-corrected chi connectivity index (χ1v) is 9.46. The third-order valence-corrected chi connectivity index (χ3v) is 5.01.